The second-order valence-corrected chi connectivity index (χ2v) is 5.07. The fourth-order valence-electron chi connectivity index (χ4n) is 2.12. The molecule has 2 aromatic heterocycles. The van der Waals surface area contributed by atoms with Gasteiger partial charge in [-0.1, -0.05) is 12.1 Å². The number of nitrogens with zero attached hydrogens (tertiary/aromatic N) is 2. The molecule has 0 aliphatic carbocycles. The fraction of sp³-hybridized carbons (Fsp3) is 0.176. The zero-order valence-corrected chi connectivity index (χ0v) is 12.6. The van der Waals surface area contributed by atoms with Crippen LogP contribution < -0.4 is 10.6 Å². The Morgan fingerprint density at radius 1 is 1.09 bits per heavy atom. The Labute approximate surface area is 129 Å². The van der Waals surface area contributed by atoms with Crippen molar-refractivity contribution >= 4 is 17.5 Å². The predicted octanol–water partition coefficient (Wildman–Crippen LogP) is 4.04. The summed E-state index contributed by atoms with van der Waals surface area (Å²) in [6.45, 7) is 4.76. The van der Waals surface area contributed by atoms with Crippen molar-refractivity contribution in [3.63, 3.8) is 0 Å². The summed E-state index contributed by atoms with van der Waals surface area (Å²) in [4.78, 5) is 8.73. The van der Waals surface area contributed by atoms with Crippen LogP contribution in [0.3, 0.4) is 0 Å². The normalized spacial score (nSPS) is 10.5. The Morgan fingerprint density at radius 3 is 2.82 bits per heavy atom. The molecule has 3 aromatic rings. The van der Waals surface area contributed by atoms with Gasteiger partial charge in [-0.25, -0.2) is 4.98 Å². The molecule has 5 heteroatoms. The Bertz CT molecular complexity index is 753. The van der Waals surface area contributed by atoms with Gasteiger partial charge in [-0.15, -0.1) is 0 Å². The molecule has 0 aliphatic rings. The highest BCUT2D eigenvalue weighted by Crippen LogP contribution is 2.21. The van der Waals surface area contributed by atoms with Crippen molar-refractivity contribution in [2.24, 2.45) is 0 Å². The number of hydrogen-bond donors (Lipinski definition) is 2. The first-order chi connectivity index (χ1) is 10.7. The Kier molecular flexibility index (Phi) is 4.05. The van der Waals surface area contributed by atoms with Gasteiger partial charge in [-0.2, -0.15) is 4.98 Å². The minimum atomic E-state index is 0.568. The highest BCUT2D eigenvalue weighted by Gasteiger charge is 2.04. The van der Waals surface area contributed by atoms with Crippen LogP contribution in [0.25, 0.3) is 0 Å². The Balaban J connectivity index is 1.72. The number of rotatable bonds is 5. The number of aryl methyl sites for hydroxylation is 1. The van der Waals surface area contributed by atoms with Crippen LogP contribution in [0.15, 0.2) is 53.3 Å². The second kappa shape index (κ2) is 6.30. The van der Waals surface area contributed by atoms with Crippen LogP contribution in [0, 0.1) is 13.8 Å². The van der Waals surface area contributed by atoms with E-state index in [1.54, 1.807) is 12.5 Å². The average Bonchev–Trinajstić information content (AvgIpc) is 3.04. The zero-order valence-electron chi connectivity index (χ0n) is 12.6. The summed E-state index contributed by atoms with van der Waals surface area (Å²) < 4.78 is 5.29. The van der Waals surface area contributed by atoms with Crippen molar-refractivity contribution in [1.29, 1.82) is 0 Å². The van der Waals surface area contributed by atoms with Crippen molar-refractivity contribution in [2.75, 3.05) is 10.6 Å². The number of nitrogens with one attached hydrogen (secondary N) is 2. The number of benzene rings is 1. The minimum Gasteiger partial charge on any atom is -0.467 e. The summed E-state index contributed by atoms with van der Waals surface area (Å²) in [5.74, 6) is 2.18. The summed E-state index contributed by atoms with van der Waals surface area (Å²) in [6.07, 6.45) is 3.38. The van der Waals surface area contributed by atoms with Crippen molar-refractivity contribution < 1.29 is 4.42 Å². The number of aromatic nitrogens is 2. The molecule has 0 saturated heterocycles. The molecular formula is C17H18N4O. The molecular weight excluding hydrogens is 276 g/mol. The van der Waals surface area contributed by atoms with E-state index in [1.165, 1.54) is 11.1 Å². The van der Waals surface area contributed by atoms with Crippen molar-refractivity contribution in [3.8, 4) is 0 Å². The van der Waals surface area contributed by atoms with E-state index in [0.717, 1.165) is 17.3 Å². The first kappa shape index (κ1) is 14.1. The lowest BCUT2D eigenvalue weighted by molar-refractivity contribution is 0.518. The van der Waals surface area contributed by atoms with Gasteiger partial charge in [0, 0.05) is 11.9 Å². The fourth-order valence-corrected chi connectivity index (χ4v) is 2.12. The molecule has 0 spiro atoms. The zero-order chi connectivity index (χ0) is 15.4. The van der Waals surface area contributed by atoms with Crippen LogP contribution in [0.4, 0.5) is 17.5 Å². The molecule has 22 heavy (non-hydrogen) atoms. The van der Waals surface area contributed by atoms with E-state index < -0.39 is 0 Å². The molecule has 2 heterocycles. The molecule has 0 amide bonds. The molecule has 0 unspecified atom stereocenters. The lowest BCUT2D eigenvalue weighted by Gasteiger charge is -2.11. The molecule has 0 radical (unpaired) electrons. The molecule has 0 atom stereocenters. The molecule has 2 N–H and O–H groups in total. The third-order valence-corrected chi connectivity index (χ3v) is 3.53. The largest absolute Gasteiger partial charge is 0.467 e. The van der Waals surface area contributed by atoms with Crippen LogP contribution in [-0.2, 0) is 6.54 Å². The maximum absolute atomic E-state index is 5.29. The van der Waals surface area contributed by atoms with Crippen molar-refractivity contribution in [1.82, 2.24) is 9.97 Å². The minimum absolute atomic E-state index is 0.568. The molecule has 5 nitrogen and oxygen atoms in total. The summed E-state index contributed by atoms with van der Waals surface area (Å²) in [5.41, 5.74) is 3.44. The summed E-state index contributed by atoms with van der Waals surface area (Å²) in [6, 6.07) is 11.7. The Hall–Kier alpha value is -2.82. The quantitative estimate of drug-likeness (QED) is 0.743. The van der Waals surface area contributed by atoms with Crippen LogP contribution in [0.1, 0.15) is 16.9 Å². The molecule has 1 aromatic carbocycles. The monoisotopic (exact) mass is 294 g/mol. The van der Waals surface area contributed by atoms with Crippen molar-refractivity contribution in [2.45, 2.75) is 20.4 Å². The maximum Gasteiger partial charge on any atom is 0.229 e. The van der Waals surface area contributed by atoms with Crippen LogP contribution >= 0.6 is 0 Å². The second-order valence-electron chi connectivity index (χ2n) is 5.07. The van der Waals surface area contributed by atoms with E-state index in [2.05, 4.69) is 40.5 Å². The van der Waals surface area contributed by atoms with E-state index in [4.69, 9.17) is 4.42 Å². The van der Waals surface area contributed by atoms with E-state index in [0.29, 0.717) is 12.5 Å². The van der Waals surface area contributed by atoms with Gasteiger partial charge in [0.05, 0.1) is 12.8 Å². The summed E-state index contributed by atoms with van der Waals surface area (Å²) in [5, 5.41) is 6.48. The summed E-state index contributed by atoms with van der Waals surface area (Å²) >= 11 is 0. The maximum atomic E-state index is 5.29. The first-order valence-corrected chi connectivity index (χ1v) is 7.15. The third-order valence-electron chi connectivity index (χ3n) is 3.53. The van der Waals surface area contributed by atoms with Gasteiger partial charge in [0.1, 0.15) is 11.6 Å². The highest BCUT2D eigenvalue weighted by atomic mass is 16.3. The molecule has 0 bridgehead atoms. The number of furan rings is 1. The van der Waals surface area contributed by atoms with Crippen LogP contribution in [0.5, 0.6) is 0 Å². The molecule has 0 aliphatic heterocycles. The Morgan fingerprint density at radius 2 is 2.00 bits per heavy atom. The molecule has 3 rings (SSSR count). The molecule has 112 valence electrons. The van der Waals surface area contributed by atoms with Gasteiger partial charge >= 0.3 is 0 Å². The van der Waals surface area contributed by atoms with Crippen LogP contribution in [-0.4, -0.2) is 9.97 Å². The van der Waals surface area contributed by atoms with E-state index in [1.807, 2.05) is 30.3 Å². The van der Waals surface area contributed by atoms with E-state index in [-0.39, 0.29) is 0 Å². The molecule has 0 fully saturated rings. The lowest BCUT2D eigenvalue weighted by atomic mass is 10.1. The van der Waals surface area contributed by atoms with Crippen LogP contribution in [0.2, 0.25) is 0 Å². The average molecular weight is 294 g/mol. The number of hydrogen-bond acceptors (Lipinski definition) is 5. The first-order valence-electron chi connectivity index (χ1n) is 7.15. The van der Waals surface area contributed by atoms with Gasteiger partial charge < -0.3 is 15.1 Å². The third kappa shape index (κ3) is 3.25. The highest BCUT2D eigenvalue weighted by molar-refractivity contribution is 5.60. The van der Waals surface area contributed by atoms with E-state index >= 15 is 0 Å². The SMILES string of the molecule is Cc1cccc(Nc2nccc(NCc3ccco3)n2)c1C. The van der Waals surface area contributed by atoms with Gasteiger partial charge in [0.2, 0.25) is 5.95 Å². The van der Waals surface area contributed by atoms with Gasteiger partial charge in [-0.3, -0.25) is 0 Å². The molecule has 0 saturated carbocycles. The van der Waals surface area contributed by atoms with E-state index in [9.17, 15) is 0 Å². The lowest BCUT2D eigenvalue weighted by Crippen LogP contribution is -2.04. The standard InChI is InChI=1S/C17H18N4O/c1-12-5-3-7-15(13(12)2)20-17-18-9-8-16(21-17)19-11-14-6-4-10-22-14/h3-10H,11H2,1-2H3,(H2,18,19,20,21). The smallest absolute Gasteiger partial charge is 0.229 e. The van der Waals surface area contributed by atoms with Gasteiger partial charge in [0.15, 0.2) is 0 Å². The topological polar surface area (TPSA) is 63.0 Å². The summed E-state index contributed by atoms with van der Waals surface area (Å²) in [7, 11) is 0. The number of anilines is 3. The van der Waals surface area contributed by atoms with Crippen molar-refractivity contribution in [3.05, 3.63) is 65.7 Å². The van der Waals surface area contributed by atoms with Gasteiger partial charge in [0.25, 0.3) is 0 Å². The predicted molar refractivity (Wildman–Crippen MR) is 87.3 cm³/mol. The van der Waals surface area contributed by atoms with Gasteiger partial charge in [-0.05, 0) is 49.2 Å².